The van der Waals surface area contributed by atoms with Gasteiger partial charge in [0.1, 0.15) is 23.0 Å². The number of hydrogen-bond donors (Lipinski definition) is 3. The SMILES string of the molecule is O=C(O)c1c(-c2cnccn2)ccc2c1Cc1ccccc1O2.O=C(O)c1c(C2CNCCS2)ccc2c1Cc1ccccc1O2.[Mo]. The predicted octanol–water partition coefficient (Wildman–Crippen LogP) is 6.99. The van der Waals surface area contributed by atoms with E-state index in [-0.39, 0.29) is 31.9 Å². The van der Waals surface area contributed by atoms with Crippen molar-refractivity contribution in [3.8, 4) is 34.3 Å². The molecular formula is C36H29MoN3O6S. The minimum atomic E-state index is -0.995. The van der Waals surface area contributed by atoms with Gasteiger partial charge in [0.25, 0.3) is 0 Å². The molecule has 3 N–H and O–H groups in total. The Bertz CT molecular complexity index is 1970. The number of para-hydroxylation sites is 2. The van der Waals surface area contributed by atoms with Crippen LogP contribution in [0.5, 0.6) is 23.0 Å². The molecule has 1 saturated heterocycles. The van der Waals surface area contributed by atoms with Gasteiger partial charge in [-0.15, -0.1) is 0 Å². The smallest absolute Gasteiger partial charge is 0.336 e. The molecule has 0 bridgehead atoms. The van der Waals surface area contributed by atoms with E-state index in [1.807, 2.05) is 72.4 Å². The van der Waals surface area contributed by atoms with Crippen molar-refractivity contribution in [3.63, 3.8) is 0 Å². The first-order valence-corrected chi connectivity index (χ1v) is 15.9. The third kappa shape index (κ3) is 6.54. The summed E-state index contributed by atoms with van der Waals surface area (Å²) in [7, 11) is 0. The maximum Gasteiger partial charge on any atom is 0.336 e. The number of benzene rings is 4. The second-order valence-corrected chi connectivity index (χ2v) is 12.3. The number of fused-ring (bicyclic) bond motifs is 4. The number of carboxylic acid groups (broad SMARTS) is 2. The number of nitrogens with zero attached hydrogens (tertiary/aromatic N) is 2. The molecule has 0 spiro atoms. The fourth-order valence-corrected chi connectivity index (χ4v) is 7.27. The van der Waals surface area contributed by atoms with Gasteiger partial charge in [0.15, 0.2) is 0 Å². The normalized spacial score (nSPS) is 15.4. The Hall–Kier alpha value is -4.50. The fourth-order valence-electron chi connectivity index (χ4n) is 6.12. The molecule has 0 amide bonds. The van der Waals surface area contributed by atoms with Crippen LogP contribution in [0, 0.1) is 0 Å². The number of ether oxygens (including phenoxy) is 2. The van der Waals surface area contributed by atoms with E-state index in [9.17, 15) is 19.8 Å². The monoisotopic (exact) mass is 729 g/mol. The molecule has 47 heavy (non-hydrogen) atoms. The topological polar surface area (TPSA) is 131 Å². The van der Waals surface area contributed by atoms with Gasteiger partial charge in [-0.05, 0) is 47.0 Å². The van der Waals surface area contributed by atoms with Gasteiger partial charge in [-0.25, -0.2) is 9.59 Å². The maximum absolute atomic E-state index is 12.0. The molecule has 1 atom stereocenters. The van der Waals surface area contributed by atoms with Crippen molar-refractivity contribution in [2.24, 2.45) is 0 Å². The number of carboxylic acids is 2. The van der Waals surface area contributed by atoms with Gasteiger partial charge < -0.3 is 25.0 Å². The quantitative estimate of drug-likeness (QED) is 0.163. The largest absolute Gasteiger partial charge is 0.478 e. The van der Waals surface area contributed by atoms with Crippen LogP contribution in [0.15, 0.2) is 91.4 Å². The average molecular weight is 728 g/mol. The van der Waals surface area contributed by atoms with Crippen molar-refractivity contribution in [2.75, 3.05) is 18.8 Å². The van der Waals surface area contributed by atoms with Gasteiger partial charge in [0, 0.05) is 87.1 Å². The number of aromatic carboxylic acids is 2. The van der Waals surface area contributed by atoms with Crippen LogP contribution in [-0.2, 0) is 33.9 Å². The van der Waals surface area contributed by atoms with Gasteiger partial charge >= 0.3 is 11.9 Å². The number of hydrogen-bond acceptors (Lipinski definition) is 8. The number of aromatic nitrogens is 2. The minimum absolute atomic E-state index is 0. The molecule has 236 valence electrons. The third-order valence-electron chi connectivity index (χ3n) is 8.23. The molecule has 1 aromatic heterocycles. The Morgan fingerprint density at radius 2 is 1.38 bits per heavy atom. The summed E-state index contributed by atoms with van der Waals surface area (Å²) in [5, 5.41) is 23.1. The van der Waals surface area contributed by atoms with Crippen LogP contribution in [-0.4, -0.2) is 51.0 Å². The Morgan fingerprint density at radius 1 is 0.766 bits per heavy atom. The summed E-state index contributed by atoms with van der Waals surface area (Å²) in [5.41, 5.74) is 6.08. The van der Waals surface area contributed by atoms with E-state index in [2.05, 4.69) is 15.3 Å². The summed E-state index contributed by atoms with van der Waals surface area (Å²) >= 11 is 1.82. The third-order valence-corrected chi connectivity index (χ3v) is 9.50. The maximum atomic E-state index is 12.0. The fraction of sp³-hybridized carbons (Fsp3) is 0.167. The second kappa shape index (κ2) is 14.1. The van der Waals surface area contributed by atoms with Crippen LogP contribution in [0.3, 0.4) is 0 Å². The zero-order chi connectivity index (χ0) is 31.6. The first kappa shape index (κ1) is 32.4. The zero-order valence-electron chi connectivity index (χ0n) is 25.0. The molecule has 5 aromatic rings. The van der Waals surface area contributed by atoms with Crippen LogP contribution in [0.25, 0.3) is 11.3 Å². The van der Waals surface area contributed by atoms with Crippen LogP contribution >= 0.6 is 11.8 Å². The molecule has 1 unspecified atom stereocenters. The number of rotatable bonds is 4. The van der Waals surface area contributed by atoms with Gasteiger partial charge in [-0.2, -0.15) is 11.8 Å². The molecule has 11 heteroatoms. The molecule has 0 saturated carbocycles. The molecule has 3 aliphatic heterocycles. The summed E-state index contributed by atoms with van der Waals surface area (Å²) < 4.78 is 11.8. The molecule has 8 rings (SSSR count). The summed E-state index contributed by atoms with van der Waals surface area (Å²) in [5.74, 6) is 1.96. The van der Waals surface area contributed by atoms with Crippen molar-refractivity contribution in [1.29, 1.82) is 0 Å². The Balaban J connectivity index is 0.000000161. The molecular weight excluding hydrogens is 698 g/mol. The molecule has 9 nitrogen and oxygen atoms in total. The Morgan fingerprint density at radius 3 is 1.96 bits per heavy atom. The van der Waals surface area contributed by atoms with Crippen LogP contribution in [0.1, 0.15) is 53.8 Å². The molecule has 3 aliphatic rings. The molecule has 4 heterocycles. The van der Waals surface area contributed by atoms with Gasteiger partial charge in [0.05, 0.1) is 23.0 Å². The number of thioether (sulfide) groups is 1. The van der Waals surface area contributed by atoms with Crippen molar-refractivity contribution in [2.45, 2.75) is 18.1 Å². The summed E-state index contributed by atoms with van der Waals surface area (Å²) in [6.45, 7) is 1.78. The molecule has 1 fully saturated rings. The predicted molar refractivity (Wildman–Crippen MR) is 175 cm³/mol. The number of nitrogens with one attached hydrogen (secondary N) is 1. The zero-order valence-corrected chi connectivity index (χ0v) is 27.8. The Labute approximate surface area is 289 Å². The standard InChI is InChI=1S/C18H12N2O3.C18H17NO3S.Mo/c21-18(22)17-12(14-10-19-7-8-20-14)5-6-16-13(17)9-11-3-1-2-4-15(11)23-16;20-18(21)17-12(16-10-19-7-8-23-16)5-6-15-13(17)9-11-3-1-2-4-14(11)22-15;/h1-8,10H,9H2,(H,21,22);1-6,16,19H,7-10H2,(H,20,21);. The van der Waals surface area contributed by atoms with E-state index in [4.69, 9.17) is 9.47 Å². The van der Waals surface area contributed by atoms with Crippen molar-refractivity contribution in [3.05, 3.63) is 130 Å². The van der Waals surface area contributed by atoms with E-state index in [1.165, 1.54) is 0 Å². The number of carbonyl (C=O) groups is 2. The summed E-state index contributed by atoms with van der Waals surface area (Å²) in [4.78, 5) is 32.1. The van der Waals surface area contributed by atoms with Crippen LogP contribution < -0.4 is 14.8 Å². The first-order chi connectivity index (χ1) is 22.5. The first-order valence-electron chi connectivity index (χ1n) is 14.9. The Kier molecular flexibility index (Phi) is 9.73. The minimum Gasteiger partial charge on any atom is -0.478 e. The van der Waals surface area contributed by atoms with Gasteiger partial charge in [0.2, 0.25) is 0 Å². The van der Waals surface area contributed by atoms with Crippen LogP contribution in [0.4, 0.5) is 0 Å². The molecule has 4 aromatic carbocycles. The average Bonchev–Trinajstić information content (AvgIpc) is 3.09. The molecule has 0 aliphatic carbocycles. The van der Waals surface area contributed by atoms with Crippen molar-refractivity contribution < 1.29 is 50.3 Å². The summed E-state index contributed by atoms with van der Waals surface area (Å²) in [6, 6.07) is 22.8. The van der Waals surface area contributed by atoms with E-state index in [0.29, 0.717) is 46.7 Å². The molecule has 0 radical (unpaired) electrons. The van der Waals surface area contributed by atoms with E-state index < -0.39 is 11.9 Å². The van der Waals surface area contributed by atoms with Gasteiger partial charge in [-0.3, -0.25) is 9.97 Å². The van der Waals surface area contributed by atoms with Crippen LogP contribution in [0.2, 0.25) is 0 Å². The second-order valence-electron chi connectivity index (χ2n) is 11.0. The van der Waals surface area contributed by atoms with Gasteiger partial charge in [-0.1, -0.05) is 42.5 Å². The van der Waals surface area contributed by atoms with Crippen molar-refractivity contribution in [1.82, 2.24) is 15.3 Å². The van der Waals surface area contributed by atoms with E-state index >= 15 is 0 Å². The summed E-state index contributed by atoms with van der Waals surface area (Å²) in [6.07, 6.45) is 5.78. The van der Waals surface area contributed by atoms with Crippen molar-refractivity contribution >= 4 is 23.7 Å². The van der Waals surface area contributed by atoms with E-state index in [1.54, 1.807) is 30.7 Å². The van der Waals surface area contributed by atoms with E-state index in [0.717, 1.165) is 52.6 Å².